The van der Waals surface area contributed by atoms with Gasteiger partial charge in [-0.2, -0.15) is 4.31 Å². The Morgan fingerprint density at radius 2 is 2.16 bits per heavy atom. The van der Waals surface area contributed by atoms with Gasteiger partial charge in [0.05, 0.1) is 0 Å². The maximum Gasteiger partial charge on any atom is 0.245 e. The van der Waals surface area contributed by atoms with Crippen LogP contribution >= 0.6 is 0 Å². The Morgan fingerprint density at radius 1 is 1.42 bits per heavy atom. The monoisotopic (exact) mass is 279 g/mol. The van der Waals surface area contributed by atoms with Gasteiger partial charge in [-0.25, -0.2) is 8.42 Å². The van der Waals surface area contributed by atoms with Crippen molar-refractivity contribution in [3.63, 3.8) is 0 Å². The second-order valence-corrected chi connectivity index (χ2v) is 6.76. The fourth-order valence-corrected chi connectivity index (χ4v) is 4.29. The second-order valence-electron chi connectivity index (χ2n) is 4.90. The van der Waals surface area contributed by atoms with E-state index in [1.807, 2.05) is 6.92 Å². The number of hydrogen-bond donors (Lipinski definition) is 2. The van der Waals surface area contributed by atoms with Gasteiger partial charge in [-0.1, -0.05) is 6.92 Å². The summed E-state index contributed by atoms with van der Waals surface area (Å²) in [4.78, 5) is 3.32. The number of H-pyrrole nitrogens is 1. The number of fused-ring (bicyclic) bond motifs is 1. The van der Waals surface area contributed by atoms with Crippen molar-refractivity contribution < 1.29 is 8.42 Å². The van der Waals surface area contributed by atoms with Crippen LogP contribution in [0, 0.1) is 0 Å². The zero-order valence-corrected chi connectivity index (χ0v) is 11.6. The molecule has 0 amide bonds. The van der Waals surface area contributed by atoms with Crippen LogP contribution in [0.25, 0.3) is 10.9 Å². The Hall–Kier alpha value is -1.53. The quantitative estimate of drug-likeness (QED) is 0.839. The minimum absolute atomic E-state index is 0.168. The number of nitrogens with two attached hydrogens (primary N) is 1. The van der Waals surface area contributed by atoms with Crippen molar-refractivity contribution in [3.8, 4) is 0 Å². The smallest absolute Gasteiger partial charge is 0.245 e. The average Bonchev–Trinajstić information content (AvgIpc) is 3.08. The summed E-state index contributed by atoms with van der Waals surface area (Å²) < 4.78 is 27.0. The Labute approximate surface area is 112 Å². The minimum atomic E-state index is -3.44. The van der Waals surface area contributed by atoms with Crippen LogP contribution in [0.1, 0.15) is 19.8 Å². The first kappa shape index (κ1) is 12.5. The summed E-state index contributed by atoms with van der Waals surface area (Å²) in [6.45, 7) is 2.38. The van der Waals surface area contributed by atoms with Crippen LogP contribution in [0.15, 0.2) is 29.3 Å². The number of sulfonamides is 1. The molecule has 1 saturated carbocycles. The van der Waals surface area contributed by atoms with Crippen LogP contribution in [0.3, 0.4) is 0 Å². The van der Waals surface area contributed by atoms with Crippen LogP contribution in [0.5, 0.6) is 0 Å². The van der Waals surface area contributed by atoms with E-state index in [0.29, 0.717) is 22.5 Å². The lowest BCUT2D eigenvalue weighted by molar-refractivity contribution is 0.421. The molecular formula is C13H17N3O2S. The van der Waals surface area contributed by atoms with Crippen molar-refractivity contribution in [1.82, 2.24) is 9.29 Å². The molecule has 0 saturated heterocycles. The third-order valence-electron chi connectivity index (χ3n) is 3.52. The molecule has 3 rings (SSSR count). The Bertz CT molecular complexity index is 717. The van der Waals surface area contributed by atoms with Crippen molar-refractivity contribution in [2.45, 2.75) is 30.7 Å². The van der Waals surface area contributed by atoms with E-state index in [1.54, 1.807) is 28.7 Å². The lowest BCUT2D eigenvalue weighted by Crippen LogP contribution is -2.32. The first-order valence-corrected chi connectivity index (χ1v) is 7.86. The molecule has 0 radical (unpaired) electrons. The van der Waals surface area contributed by atoms with Gasteiger partial charge in [-0.05, 0) is 31.0 Å². The van der Waals surface area contributed by atoms with Crippen LogP contribution in [0.4, 0.5) is 5.69 Å². The number of anilines is 1. The number of rotatable bonds is 4. The van der Waals surface area contributed by atoms with Gasteiger partial charge in [0, 0.05) is 35.4 Å². The Morgan fingerprint density at radius 3 is 2.79 bits per heavy atom. The van der Waals surface area contributed by atoms with Gasteiger partial charge in [0.25, 0.3) is 0 Å². The molecule has 6 heteroatoms. The fraction of sp³-hybridized carbons (Fsp3) is 0.385. The van der Waals surface area contributed by atoms with Crippen molar-refractivity contribution in [2.24, 2.45) is 0 Å². The van der Waals surface area contributed by atoms with E-state index >= 15 is 0 Å². The molecule has 0 unspecified atom stereocenters. The molecule has 1 aromatic heterocycles. The van der Waals surface area contributed by atoms with Crippen LogP contribution in [0.2, 0.25) is 0 Å². The first-order chi connectivity index (χ1) is 9.04. The van der Waals surface area contributed by atoms with E-state index in [2.05, 4.69) is 4.98 Å². The highest BCUT2D eigenvalue weighted by Crippen LogP contribution is 2.34. The number of benzene rings is 1. The highest BCUT2D eigenvalue weighted by atomic mass is 32.2. The summed E-state index contributed by atoms with van der Waals surface area (Å²) in [5.41, 5.74) is 7.11. The summed E-state index contributed by atoms with van der Waals surface area (Å²) in [7, 11) is -3.44. The van der Waals surface area contributed by atoms with Gasteiger partial charge in [-0.15, -0.1) is 0 Å². The van der Waals surface area contributed by atoms with Crippen LogP contribution in [-0.4, -0.2) is 30.3 Å². The summed E-state index contributed by atoms with van der Waals surface area (Å²) in [6, 6.07) is 5.44. The van der Waals surface area contributed by atoms with Gasteiger partial charge in [0.15, 0.2) is 0 Å². The second kappa shape index (κ2) is 4.25. The molecule has 1 aromatic carbocycles. The summed E-state index contributed by atoms with van der Waals surface area (Å²) in [6.07, 6.45) is 3.47. The number of hydrogen-bond acceptors (Lipinski definition) is 3. The molecule has 1 aliphatic rings. The molecule has 1 heterocycles. The molecule has 1 fully saturated rings. The number of nitrogens with zero attached hydrogens (tertiary/aromatic N) is 1. The topological polar surface area (TPSA) is 79.2 Å². The Kier molecular flexibility index (Phi) is 2.79. The highest BCUT2D eigenvalue weighted by Gasteiger charge is 2.37. The van der Waals surface area contributed by atoms with Crippen molar-refractivity contribution in [3.05, 3.63) is 24.4 Å². The lowest BCUT2D eigenvalue weighted by Gasteiger charge is -2.19. The molecule has 5 nitrogen and oxygen atoms in total. The van der Waals surface area contributed by atoms with Crippen molar-refractivity contribution in [1.29, 1.82) is 0 Å². The van der Waals surface area contributed by atoms with Gasteiger partial charge in [0.2, 0.25) is 10.0 Å². The molecule has 0 aliphatic heterocycles. The lowest BCUT2D eigenvalue weighted by atomic mass is 10.2. The molecule has 1 aliphatic carbocycles. The van der Waals surface area contributed by atoms with E-state index in [9.17, 15) is 8.42 Å². The van der Waals surface area contributed by atoms with Crippen molar-refractivity contribution in [2.75, 3.05) is 12.3 Å². The number of aromatic amines is 1. The predicted molar refractivity (Wildman–Crippen MR) is 75.3 cm³/mol. The van der Waals surface area contributed by atoms with E-state index in [0.717, 1.165) is 18.4 Å². The Balaban J connectivity index is 2.15. The molecule has 2 aromatic rings. The predicted octanol–water partition coefficient (Wildman–Crippen LogP) is 1.92. The first-order valence-electron chi connectivity index (χ1n) is 6.42. The molecule has 102 valence electrons. The SMILES string of the molecule is CCN(C1CC1)S(=O)(=O)c1c[nH]c2ccc(N)cc12. The van der Waals surface area contributed by atoms with Crippen LogP contribution in [-0.2, 0) is 10.0 Å². The normalized spacial score (nSPS) is 16.3. The van der Waals surface area contributed by atoms with E-state index < -0.39 is 10.0 Å². The number of nitrogen functional groups attached to an aromatic ring is 1. The third-order valence-corrected chi connectivity index (χ3v) is 5.59. The maximum atomic E-state index is 12.7. The largest absolute Gasteiger partial charge is 0.399 e. The number of aromatic nitrogens is 1. The minimum Gasteiger partial charge on any atom is -0.399 e. The summed E-state index contributed by atoms with van der Waals surface area (Å²) >= 11 is 0. The summed E-state index contributed by atoms with van der Waals surface area (Å²) in [5.74, 6) is 0. The van der Waals surface area contributed by atoms with Crippen molar-refractivity contribution >= 4 is 26.6 Å². The molecule has 3 N–H and O–H groups in total. The maximum absolute atomic E-state index is 12.7. The van der Waals surface area contributed by atoms with Gasteiger partial charge < -0.3 is 10.7 Å². The van der Waals surface area contributed by atoms with Gasteiger partial charge in [-0.3, -0.25) is 0 Å². The molecule has 0 atom stereocenters. The molecule has 19 heavy (non-hydrogen) atoms. The van der Waals surface area contributed by atoms with E-state index in [-0.39, 0.29) is 6.04 Å². The van der Waals surface area contributed by atoms with Gasteiger partial charge >= 0.3 is 0 Å². The third kappa shape index (κ3) is 2.01. The molecular weight excluding hydrogens is 262 g/mol. The summed E-state index contributed by atoms with van der Waals surface area (Å²) in [5, 5.41) is 0.666. The highest BCUT2D eigenvalue weighted by molar-refractivity contribution is 7.89. The molecule has 0 bridgehead atoms. The standard InChI is InChI=1S/C13H17N3O2S/c1-2-16(10-4-5-10)19(17,18)13-8-15-12-6-3-9(14)7-11(12)13/h3,6-8,10,15H,2,4-5,14H2,1H3. The number of nitrogens with one attached hydrogen (secondary N) is 1. The average molecular weight is 279 g/mol. The zero-order chi connectivity index (χ0) is 13.6. The van der Waals surface area contributed by atoms with Crippen LogP contribution < -0.4 is 5.73 Å². The fourth-order valence-electron chi connectivity index (χ4n) is 2.44. The zero-order valence-electron chi connectivity index (χ0n) is 10.8. The van der Waals surface area contributed by atoms with E-state index in [1.165, 1.54) is 0 Å². The van der Waals surface area contributed by atoms with E-state index in [4.69, 9.17) is 5.73 Å². The van der Waals surface area contributed by atoms with Gasteiger partial charge in [0.1, 0.15) is 4.90 Å². The molecule has 0 spiro atoms.